The fraction of sp³-hybridized carbons (Fsp3) is 0.0435. The highest BCUT2D eigenvalue weighted by Crippen LogP contribution is 2.24. The Labute approximate surface area is 173 Å². The lowest BCUT2D eigenvalue weighted by Crippen LogP contribution is -2.07. The van der Waals surface area contributed by atoms with Gasteiger partial charge in [-0.1, -0.05) is 0 Å². The minimum absolute atomic E-state index is 0.237. The number of benzene rings is 1. The maximum absolute atomic E-state index is 12.3. The molecule has 0 aliphatic carbocycles. The number of pyridine rings is 2. The average molecular weight is 397 g/mol. The van der Waals surface area contributed by atoms with E-state index < -0.39 is 0 Å². The number of amides is 1. The van der Waals surface area contributed by atoms with Crippen LogP contribution >= 0.6 is 0 Å². The standard InChI is InChI=1S/C23H19N5O2/c1-28-16-18(15-26-28)22-10-13-25-14-17(22)2-7-23(29)27-19-3-5-20(6-4-19)30-21-8-11-24-12-9-21/h2-16H,1H3,(H,27,29). The Kier molecular flexibility index (Phi) is 5.61. The smallest absolute Gasteiger partial charge is 0.248 e. The first-order chi connectivity index (χ1) is 14.7. The summed E-state index contributed by atoms with van der Waals surface area (Å²) < 4.78 is 7.45. The van der Waals surface area contributed by atoms with Crippen LogP contribution < -0.4 is 10.1 Å². The Morgan fingerprint density at radius 1 is 0.967 bits per heavy atom. The van der Waals surface area contributed by atoms with Crippen LogP contribution in [0, 0.1) is 0 Å². The molecule has 3 aromatic heterocycles. The number of rotatable bonds is 6. The molecule has 0 atom stereocenters. The summed E-state index contributed by atoms with van der Waals surface area (Å²) in [5.74, 6) is 1.13. The second-order valence-electron chi connectivity index (χ2n) is 6.50. The van der Waals surface area contributed by atoms with E-state index in [1.807, 2.05) is 19.3 Å². The average Bonchev–Trinajstić information content (AvgIpc) is 3.21. The summed E-state index contributed by atoms with van der Waals surface area (Å²) in [7, 11) is 1.86. The normalized spacial score (nSPS) is 10.8. The van der Waals surface area contributed by atoms with E-state index in [0.717, 1.165) is 16.7 Å². The van der Waals surface area contributed by atoms with Gasteiger partial charge in [0.2, 0.25) is 5.91 Å². The topological polar surface area (TPSA) is 81.9 Å². The van der Waals surface area contributed by atoms with Crippen molar-refractivity contribution in [2.45, 2.75) is 0 Å². The van der Waals surface area contributed by atoms with Crippen LogP contribution in [0.5, 0.6) is 11.5 Å². The van der Waals surface area contributed by atoms with Crippen molar-refractivity contribution in [1.29, 1.82) is 0 Å². The van der Waals surface area contributed by atoms with Gasteiger partial charge < -0.3 is 10.1 Å². The van der Waals surface area contributed by atoms with Gasteiger partial charge in [-0.3, -0.25) is 19.4 Å². The number of ether oxygens (including phenoxy) is 1. The third-order valence-electron chi connectivity index (χ3n) is 4.29. The zero-order chi connectivity index (χ0) is 20.8. The van der Waals surface area contributed by atoms with E-state index in [9.17, 15) is 4.79 Å². The molecule has 0 saturated heterocycles. The van der Waals surface area contributed by atoms with Gasteiger partial charge in [0, 0.05) is 60.9 Å². The molecule has 0 spiro atoms. The van der Waals surface area contributed by atoms with Crippen molar-refractivity contribution in [3.05, 3.63) is 91.3 Å². The first-order valence-electron chi connectivity index (χ1n) is 9.27. The minimum Gasteiger partial charge on any atom is -0.457 e. The predicted octanol–water partition coefficient (Wildman–Crippen LogP) is 4.32. The second-order valence-corrected chi connectivity index (χ2v) is 6.50. The van der Waals surface area contributed by atoms with Crippen LogP contribution in [-0.4, -0.2) is 25.7 Å². The molecular weight excluding hydrogens is 378 g/mol. The van der Waals surface area contributed by atoms with Gasteiger partial charge in [-0.05, 0) is 54.1 Å². The lowest BCUT2D eigenvalue weighted by molar-refractivity contribution is -0.111. The van der Waals surface area contributed by atoms with E-state index in [-0.39, 0.29) is 5.91 Å². The van der Waals surface area contributed by atoms with Gasteiger partial charge >= 0.3 is 0 Å². The summed E-state index contributed by atoms with van der Waals surface area (Å²) in [6, 6.07) is 12.6. The van der Waals surface area contributed by atoms with Crippen LogP contribution in [0.25, 0.3) is 17.2 Å². The molecule has 0 unspecified atom stereocenters. The molecular formula is C23H19N5O2. The molecule has 0 fully saturated rings. The number of hydrogen-bond acceptors (Lipinski definition) is 5. The van der Waals surface area contributed by atoms with Crippen molar-refractivity contribution in [1.82, 2.24) is 19.7 Å². The third kappa shape index (κ3) is 4.77. The predicted molar refractivity (Wildman–Crippen MR) is 115 cm³/mol. The quantitative estimate of drug-likeness (QED) is 0.490. The monoisotopic (exact) mass is 397 g/mol. The van der Waals surface area contributed by atoms with Gasteiger partial charge in [0.25, 0.3) is 0 Å². The molecule has 0 radical (unpaired) electrons. The molecule has 3 heterocycles. The van der Waals surface area contributed by atoms with Crippen molar-refractivity contribution in [3.8, 4) is 22.6 Å². The summed E-state index contributed by atoms with van der Waals surface area (Å²) in [5, 5.41) is 7.04. The Hall–Kier alpha value is -4.26. The van der Waals surface area contributed by atoms with E-state index in [1.165, 1.54) is 6.08 Å². The molecule has 0 saturated carbocycles. The molecule has 7 nitrogen and oxygen atoms in total. The van der Waals surface area contributed by atoms with Crippen molar-refractivity contribution < 1.29 is 9.53 Å². The van der Waals surface area contributed by atoms with Crippen LogP contribution in [0.4, 0.5) is 5.69 Å². The fourth-order valence-corrected chi connectivity index (χ4v) is 2.86. The highest BCUT2D eigenvalue weighted by atomic mass is 16.5. The van der Waals surface area contributed by atoms with E-state index in [4.69, 9.17) is 4.74 Å². The number of aromatic nitrogens is 4. The number of carbonyl (C=O) groups is 1. The maximum Gasteiger partial charge on any atom is 0.248 e. The molecule has 4 aromatic rings. The fourth-order valence-electron chi connectivity index (χ4n) is 2.86. The van der Waals surface area contributed by atoms with E-state index in [2.05, 4.69) is 20.4 Å². The number of hydrogen-bond donors (Lipinski definition) is 1. The van der Waals surface area contributed by atoms with Crippen molar-refractivity contribution >= 4 is 17.7 Å². The van der Waals surface area contributed by atoms with Gasteiger partial charge in [0.15, 0.2) is 0 Å². The van der Waals surface area contributed by atoms with Crippen molar-refractivity contribution in [2.75, 3.05) is 5.32 Å². The van der Waals surface area contributed by atoms with Crippen LogP contribution in [0.1, 0.15) is 5.56 Å². The number of anilines is 1. The Morgan fingerprint density at radius 2 is 1.70 bits per heavy atom. The van der Waals surface area contributed by atoms with Crippen molar-refractivity contribution in [2.24, 2.45) is 7.05 Å². The van der Waals surface area contributed by atoms with Crippen LogP contribution in [-0.2, 0) is 11.8 Å². The number of nitrogens with one attached hydrogen (secondary N) is 1. The molecule has 30 heavy (non-hydrogen) atoms. The lowest BCUT2D eigenvalue weighted by Gasteiger charge is -2.07. The molecule has 1 aromatic carbocycles. The number of nitrogens with zero attached hydrogens (tertiary/aromatic N) is 4. The highest BCUT2D eigenvalue weighted by Gasteiger charge is 2.06. The third-order valence-corrected chi connectivity index (χ3v) is 4.29. The Balaban J connectivity index is 1.41. The zero-order valence-electron chi connectivity index (χ0n) is 16.3. The van der Waals surface area contributed by atoms with Gasteiger partial charge in [-0.15, -0.1) is 0 Å². The first kappa shape index (κ1) is 19.1. The molecule has 4 rings (SSSR count). The SMILES string of the molecule is Cn1cc(-c2ccncc2C=CC(=O)Nc2ccc(Oc3ccncc3)cc2)cn1. The molecule has 1 amide bonds. The van der Waals surface area contributed by atoms with Crippen LogP contribution in [0.3, 0.4) is 0 Å². The molecule has 0 aliphatic rings. The first-order valence-corrected chi connectivity index (χ1v) is 9.27. The zero-order valence-corrected chi connectivity index (χ0v) is 16.3. The summed E-state index contributed by atoms with van der Waals surface area (Å²) in [6.45, 7) is 0. The molecule has 7 heteroatoms. The number of carbonyl (C=O) groups excluding carboxylic acids is 1. The summed E-state index contributed by atoms with van der Waals surface area (Å²) in [4.78, 5) is 20.5. The molecule has 148 valence electrons. The summed E-state index contributed by atoms with van der Waals surface area (Å²) in [6.07, 6.45) is 13.7. The van der Waals surface area contributed by atoms with Gasteiger partial charge in [0.05, 0.1) is 6.20 Å². The largest absolute Gasteiger partial charge is 0.457 e. The van der Waals surface area contributed by atoms with Crippen LogP contribution in [0.2, 0.25) is 0 Å². The van der Waals surface area contributed by atoms with Crippen LogP contribution in [0.15, 0.2) is 85.7 Å². The minimum atomic E-state index is -0.237. The maximum atomic E-state index is 12.3. The van der Waals surface area contributed by atoms with E-state index >= 15 is 0 Å². The van der Waals surface area contributed by atoms with Gasteiger partial charge in [0.1, 0.15) is 11.5 Å². The molecule has 1 N–H and O–H groups in total. The van der Waals surface area contributed by atoms with E-state index in [1.54, 1.807) is 78.1 Å². The number of aryl methyl sites for hydroxylation is 1. The molecule has 0 bridgehead atoms. The van der Waals surface area contributed by atoms with Gasteiger partial charge in [-0.2, -0.15) is 5.10 Å². The Morgan fingerprint density at radius 3 is 2.43 bits per heavy atom. The highest BCUT2D eigenvalue weighted by molar-refractivity contribution is 6.02. The van der Waals surface area contributed by atoms with Gasteiger partial charge in [-0.25, -0.2) is 0 Å². The second kappa shape index (κ2) is 8.83. The summed E-state index contributed by atoms with van der Waals surface area (Å²) in [5.41, 5.74) is 3.43. The van der Waals surface area contributed by atoms with E-state index in [0.29, 0.717) is 17.2 Å². The Bertz CT molecular complexity index is 1170. The lowest BCUT2D eigenvalue weighted by atomic mass is 10.0. The van der Waals surface area contributed by atoms with Crippen molar-refractivity contribution in [3.63, 3.8) is 0 Å². The summed E-state index contributed by atoms with van der Waals surface area (Å²) >= 11 is 0. The molecule has 0 aliphatic heterocycles.